The summed E-state index contributed by atoms with van der Waals surface area (Å²) in [6, 6.07) is 14.7. The molecule has 6 nitrogen and oxygen atoms in total. The van der Waals surface area contributed by atoms with Gasteiger partial charge in [-0.1, -0.05) is 35.9 Å². The monoisotopic (exact) mass is 354 g/mol. The molecule has 2 amide bonds. The minimum absolute atomic E-state index is 0.169. The second-order valence-corrected chi connectivity index (χ2v) is 5.57. The van der Waals surface area contributed by atoms with Gasteiger partial charge in [0.2, 0.25) is 5.91 Å². The quantitative estimate of drug-likeness (QED) is 0.585. The van der Waals surface area contributed by atoms with Crippen molar-refractivity contribution in [3.63, 3.8) is 0 Å². The van der Waals surface area contributed by atoms with Gasteiger partial charge >= 0.3 is 6.09 Å². The highest BCUT2D eigenvalue weighted by atomic mass is 16.6. The predicted molar refractivity (Wildman–Crippen MR) is 102 cm³/mol. The molecular formula is C20H22N2O4. The Hall–Kier alpha value is -3.12. The maximum atomic E-state index is 12.0. The van der Waals surface area contributed by atoms with Crippen LogP contribution in [0.1, 0.15) is 11.1 Å². The van der Waals surface area contributed by atoms with E-state index < -0.39 is 6.09 Å². The Bertz CT molecular complexity index is 770. The molecule has 2 aromatic rings. The number of benzene rings is 2. The topological polar surface area (TPSA) is 76.7 Å². The van der Waals surface area contributed by atoms with E-state index in [1.165, 1.54) is 13.2 Å². The average molecular weight is 354 g/mol. The summed E-state index contributed by atoms with van der Waals surface area (Å²) in [5.74, 6) is -0.259. The molecule has 0 unspecified atom stereocenters. The number of nitrogens with one attached hydrogen (secondary N) is 2. The van der Waals surface area contributed by atoms with E-state index in [1.54, 1.807) is 30.3 Å². The van der Waals surface area contributed by atoms with Crippen LogP contribution >= 0.6 is 0 Å². The lowest BCUT2D eigenvalue weighted by molar-refractivity contribution is -0.111. The van der Waals surface area contributed by atoms with Gasteiger partial charge in [-0.2, -0.15) is 0 Å². The molecule has 0 aliphatic rings. The number of hydrogen-bond donors (Lipinski definition) is 2. The van der Waals surface area contributed by atoms with Gasteiger partial charge < -0.3 is 14.8 Å². The van der Waals surface area contributed by atoms with Gasteiger partial charge in [-0.3, -0.25) is 10.1 Å². The number of aryl methyl sites for hydroxylation is 1. The number of rotatable bonds is 7. The van der Waals surface area contributed by atoms with Crippen molar-refractivity contribution in [2.45, 2.75) is 6.92 Å². The smallest absolute Gasteiger partial charge is 0.411 e. The van der Waals surface area contributed by atoms with E-state index in [0.717, 1.165) is 11.1 Å². The van der Waals surface area contributed by atoms with Gasteiger partial charge in [-0.05, 0) is 36.8 Å². The summed E-state index contributed by atoms with van der Waals surface area (Å²) in [5, 5.41) is 5.34. The molecule has 2 N–H and O–H groups in total. The Labute approximate surface area is 152 Å². The van der Waals surface area contributed by atoms with Crippen molar-refractivity contribution in [3.8, 4) is 0 Å². The van der Waals surface area contributed by atoms with Crippen LogP contribution in [0.5, 0.6) is 0 Å². The molecule has 0 aliphatic carbocycles. The second kappa shape index (κ2) is 10.0. The molecule has 0 spiro atoms. The van der Waals surface area contributed by atoms with Gasteiger partial charge in [0.1, 0.15) is 6.61 Å². The summed E-state index contributed by atoms with van der Waals surface area (Å²) in [4.78, 5) is 23.7. The Morgan fingerprint density at radius 1 is 1.00 bits per heavy atom. The maximum Gasteiger partial charge on any atom is 0.411 e. The van der Waals surface area contributed by atoms with E-state index in [1.807, 2.05) is 31.2 Å². The first-order valence-electron chi connectivity index (χ1n) is 8.15. The van der Waals surface area contributed by atoms with E-state index >= 15 is 0 Å². The molecule has 0 radical (unpaired) electrons. The number of methoxy groups -OCH3 is 1. The lowest BCUT2D eigenvalue weighted by Crippen LogP contribution is -2.16. The minimum atomic E-state index is -0.579. The first-order chi connectivity index (χ1) is 12.6. The molecule has 6 heteroatoms. The van der Waals surface area contributed by atoms with Crippen molar-refractivity contribution >= 4 is 29.5 Å². The summed E-state index contributed by atoms with van der Waals surface area (Å²) in [6.07, 6.45) is 2.62. The number of carbonyl (C=O) groups is 2. The third-order valence-electron chi connectivity index (χ3n) is 3.40. The number of hydrogen-bond acceptors (Lipinski definition) is 4. The van der Waals surface area contributed by atoms with Crippen LogP contribution in [0, 0.1) is 6.92 Å². The molecule has 0 fully saturated rings. The van der Waals surface area contributed by atoms with Crippen molar-refractivity contribution in [2.24, 2.45) is 0 Å². The maximum absolute atomic E-state index is 12.0. The zero-order valence-electron chi connectivity index (χ0n) is 14.8. The lowest BCUT2D eigenvalue weighted by atomic mass is 10.1. The highest BCUT2D eigenvalue weighted by Crippen LogP contribution is 2.15. The molecule has 136 valence electrons. The number of ether oxygens (including phenoxy) is 2. The standard InChI is InChI=1S/C20H22N2O4/c1-15-6-8-16(9-7-15)10-11-19(23)21-17-4-3-5-18(14-17)22-20(24)26-13-12-25-2/h3-11,14H,12-13H2,1-2H3,(H,21,23)(H,22,24)/b11-10+. The zero-order valence-corrected chi connectivity index (χ0v) is 14.8. The van der Waals surface area contributed by atoms with E-state index in [9.17, 15) is 9.59 Å². The SMILES string of the molecule is COCCOC(=O)Nc1cccc(NC(=O)/C=C/c2ccc(C)cc2)c1. The van der Waals surface area contributed by atoms with Crippen molar-refractivity contribution < 1.29 is 19.1 Å². The number of anilines is 2. The van der Waals surface area contributed by atoms with E-state index in [2.05, 4.69) is 10.6 Å². The van der Waals surface area contributed by atoms with E-state index in [-0.39, 0.29) is 12.5 Å². The van der Waals surface area contributed by atoms with Crippen LogP contribution in [0.3, 0.4) is 0 Å². The molecule has 26 heavy (non-hydrogen) atoms. The van der Waals surface area contributed by atoms with Gasteiger partial charge in [0.25, 0.3) is 0 Å². The van der Waals surface area contributed by atoms with Crippen LogP contribution in [0.2, 0.25) is 0 Å². The molecule has 0 atom stereocenters. The van der Waals surface area contributed by atoms with Gasteiger partial charge in [0.05, 0.1) is 6.61 Å². The highest BCUT2D eigenvalue weighted by Gasteiger charge is 2.04. The minimum Gasteiger partial charge on any atom is -0.447 e. The number of carbonyl (C=O) groups excluding carboxylic acids is 2. The van der Waals surface area contributed by atoms with Gasteiger partial charge in [-0.15, -0.1) is 0 Å². The highest BCUT2D eigenvalue weighted by molar-refractivity contribution is 6.02. The molecule has 0 saturated heterocycles. The van der Waals surface area contributed by atoms with Crippen LogP contribution in [0.4, 0.5) is 16.2 Å². The summed E-state index contributed by atoms with van der Waals surface area (Å²) in [7, 11) is 1.53. The summed E-state index contributed by atoms with van der Waals surface area (Å²) in [6.45, 7) is 2.51. The van der Waals surface area contributed by atoms with E-state index in [0.29, 0.717) is 18.0 Å². The van der Waals surface area contributed by atoms with Crippen molar-refractivity contribution in [3.05, 3.63) is 65.7 Å². The summed E-state index contributed by atoms with van der Waals surface area (Å²) in [5.41, 5.74) is 3.20. The second-order valence-electron chi connectivity index (χ2n) is 5.57. The molecule has 0 aromatic heterocycles. The van der Waals surface area contributed by atoms with Gasteiger partial charge in [0.15, 0.2) is 0 Å². The normalized spacial score (nSPS) is 10.5. The van der Waals surface area contributed by atoms with Crippen LogP contribution in [0.15, 0.2) is 54.6 Å². The van der Waals surface area contributed by atoms with E-state index in [4.69, 9.17) is 9.47 Å². The third-order valence-corrected chi connectivity index (χ3v) is 3.40. The molecule has 2 aromatic carbocycles. The first-order valence-corrected chi connectivity index (χ1v) is 8.15. The van der Waals surface area contributed by atoms with Crippen molar-refractivity contribution in [1.82, 2.24) is 0 Å². The third kappa shape index (κ3) is 6.78. The Balaban J connectivity index is 1.89. The van der Waals surface area contributed by atoms with Crippen LogP contribution < -0.4 is 10.6 Å². The molecule has 0 saturated carbocycles. The molecule has 0 heterocycles. The number of amides is 2. The fraction of sp³-hybridized carbons (Fsp3) is 0.200. The largest absolute Gasteiger partial charge is 0.447 e. The van der Waals surface area contributed by atoms with Gasteiger partial charge in [0, 0.05) is 24.6 Å². The summed E-state index contributed by atoms with van der Waals surface area (Å²) < 4.78 is 9.74. The fourth-order valence-electron chi connectivity index (χ4n) is 2.08. The zero-order chi connectivity index (χ0) is 18.8. The van der Waals surface area contributed by atoms with Crippen LogP contribution in [0.25, 0.3) is 6.08 Å². The molecule has 2 rings (SSSR count). The predicted octanol–water partition coefficient (Wildman–Crippen LogP) is 3.84. The molecular weight excluding hydrogens is 332 g/mol. The van der Waals surface area contributed by atoms with Crippen molar-refractivity contribution in [2.75, 3.05) is 31.0 Å². The van der Waals surface area contributed by atoms with Crippen LogP contribution in [-0.4, -0.2) is 32.3 Å². The van der Waals surface area contributed by atoms with Crippen LogP contribution in [-0.2, 0) is 14.3 Å². The Morgan fingerprint density at radius 2 is 1.69 bits per heavy atom. The van der Waals surface area contributed by atoms with Gasteiger partial charge in [-0.25, -0.2) is 4.79 Å². The fourth-order valence-corrected chi connectivity index (χ4v) is 2.08. The average Bonchev–Trinajstić information content (AvgIpc) is 2.62. The molecule has 0 bridgehead atoms. The Morgan fingerprint density at radius 3 is 2.38 bits per heavy atom. The van der Waals surface area contributed by atoms with Crippen molar-refractivity contribution in [1.29, 1.82) is 0 Å². The Kier molecular flexibility index (Phi) is 7.39. The lowest BCUT2D eigenvalue weighted by Gasteiger charge is -2.08. The first kappa shape index (κ1) is 19.2. The summed E-state index contributed by atoms with van der Waals surface area (Å²) >= 11 is 0. The molecule has 0 aliphatic heterocycles.